The van der Waals surface area contributed by atoms with E-state index in [1.165, 1.54) is 103 Å². The van der Waals surface area contributed by atoms with Gasteiger partial charge in [0.15, 0.2) is 0 Å². The molecule has 11 aromatic rings. The Morgan fingerprint density at radius 3 is 1.97 bits per heavy atom. The van der Waals surface area contributed by atoms with Crippen molar-refractivity contribution in [1.29, 1.82) is 0 Å². The van der Waals surface area contributed by atoms with Crippen LogP contribution >= 0.6 is 11.3 Å². The summed E-state index contributed by atoms with van der Waals surface area (Å²) < 4.78 is 5.10. The summed E-state index contributed by atoms with van der Waals surface area (Å²) in [6.45, 7) is 2.27. The molecule has 0 radical (unpaired) electrons. The molecule has 12 rings (SSSR count). The maximum Gasteiger partial charge on any atom is 0.0767 e. The van der Waals surface area contributed by atoms with E-state index in [4.69, 9.17) is 0 Å². The van der Waals surface area contributed by atoms with Gasteiger partial charge in [-0.05, 0) is 105 Å². The van der Waals surface area contributed by atoms with Crippen LogP contribution in [-0.2, 0) is 0 Å². The molecule has 3 heteroatoms. The maximum atomic E-state index is 3.97. The third kappa shape index (κ3) is 6.64. The van der Waals surface area contributed by atoms with E-state index in [1.807, 2.05) is 11.3 Å². The van der Waals surface area contributed by atoms with E-state index in [-0.39, 0.29) is 6.04 Å². The highest BCUT2D eigenvalue weighted by atomic mass is 32.1. The first-order chi connectivity index (χ1) is 31.1. The quantitative estimate of drug-likeness (QED) is 0.162. The predicted octanol–water partition coefficient (Wildman–Crippen LogP) is 16.8. The van der Waals surface area contributed by atoms with Crippen LogP contribution in [0.1, 0.15) is 36.1 Å². The lowest BCUT2D eigenvalue weighted by Gasteiger charge is -2.22. The predicted molar refractivity (Wildman–Crippen MR) is 271 cm³/mol. The first kappa shape index (κ1) is 37.3. The zero-order chi connectivity index (χ0) is 41.9. The largest absolute Gasteiger partial charge is 0.374 e. The summed E-state index contributed by atoms with van der Waals surface area (Å²) in [5.41, 5.74) is 14.6. The number of nitrogens with zero attached hydrogens (tertiary/aromatic N) is 1. The fourth-order valence-corrected chi connectivity index (χ4v) is 11.0. The van der Waals surface area contributed by atoms with Crippen molar-refractivity contribution < 1.29 is 0 Å². The summed E-state index contributed by atoms with van der Waals surface area (Å²) in [5.74, 6) is 0.591. The molecule has 1 N–H and O–H groups in total. The van der Waals surface area contributed by atoms with Crippen molar-refractivity contribution in [3.05, 3.63) is 235 Å². The Labute approximate surface area is 371 Å². The Balaban J connectivity index is 0.962. The van der Waals surface area contributed by atoms with Gasteiger partial charge >= 0.3 is 0 Å². The van der Waals surface area contributed by atoms with E-state index >= 15 is 0 Å². The fraction of sp³-hybridized carbons (Fsp3) is 0.0667. The molecule has 1 aliphatic carbocycles. The molecule has 2 nitrogen and oxygen atoms in total. The number of benzene rings is 9. The van der Waals surface area contributed by atoms with Gasteiger partial charge in [-0.2, -0.15) is 0 Å². The topological polar surface area (TPSA) is 17.0 Å². The highest BCUT2D eigenvalue weighted by Gasteiger charge is 2.22. The molecule has 2 aromatic heterocycles. The number of nitrogens with one attached hydrogen (secondary N) is 1. The lowest BCUT2D eigenvalue weighted by atomic mass is 9.91. The van der Waals surface area contributed by atoms with E-state index in [9.17, 15) is 0 Å². The highest BCUT2D eigenvalue weighted by molar-refractivity contribution is 7.26. The normalized spacial score (nSPS) is 14.5. The van der Waals surface area contributed by atoms with Gasteiger partial charge in [-0.15, -0.1) is 11.3 Å². The van der Waals surface area contributed by atoms with Gasteiger partial charge in [0.2, 0.25) is 0 Å². The minimum absolute atomic E-state index is 0.0440. The molecular formula is C60H44N2S. The average molecular weight is 825 g/mol. The first-order valence-corrected chi connectivity index (χ1v) is 22.8. The second-order valence-electron chi connectivity index (χ2n) is 17.0. The van der Waals surface area contributed by atoms with Gasteiger partial charge in [-0.3, -0.25) is 0 Å². The third-order valence-electron chi connectivity index (χ3n) is 13.0. The number of para-hydroxylation sites is 1. The minimum atomic E-state index is -0.0440. The van der Waals surface area contributed by atoms with Gasteiger partial charge in [0.05, 0.1) is 17.1 Å². The first-order valence-electron chi connectivity index (χ1n) is 22.0. The number of allylic oxidation sites excluding steroid dienone is 4. The van der Waals surface area contributed by atoms with Gasteiger partial charge < -0.3 is 9.88 Å². The van der Waals surface area contributed by atoms with Crippen molar-refractivity contribution >= 4 is 75.3 Å². The second-order valence-corrected chi connectivity index (χ2v) is 18.1. The van der Waals surface area contributed by atoms with E-state index < -0.39 is 0 Å². The molecule has 300 valence electrons. The van der Waals surface area contributed by atoms with Crippen molar-refractivity contribution in [1.82, 2.24) is 4.57 Å². The molecule has 0 amide bonds. The summed E-state index contributed by atoms with van der Waals surface area (Å²) in [5, 5.41) is 11.6. The van der Waals surface area contributed by atoms with Crippen LogP contribution in [0.15, 0.2) is 218 Å². The average Bonchev–Trinajstić information content (AvgIpc) is 3.90. The Morgan fingerprint density at radius 2 is 1.21 bits per heavy atom. The minimum Gasteiger partial charge on any atom is -0.374 e. The number of rotatable bonds is 8. The molecule has 1 aliphatic rings. The number of aromatic nitrogens is 1. The van der Waals surface area contributed by atoms with Crippen molar-refractivity contribution in [3.8, 4) is 27.9 Å². The third-order valence-corrected chi connectivity index (χ3v) is 14.2. The van der Waals surface area contributed by atoms with E-state index in [0.717, 1.165) is 12.1 Å². The molecule has 2 atom stereocenters. The van der Waals surface area contributed by atoms with E-state index in [2.05, 4.69) is 235 Å². The SMILES string of the molecule is CC1C=CC(c2ccc(C(Nc3ccc(-c4cc5c6ccccc6n(-c6ccc7ccccc7c6)c5c5c4sc4ccccc45)cc3)c3ccc(-c4ccccc4)cc3)cc2)=CC1. The van der Waals surface area contributed by atoms with Crippen LogP contribution in [0.4, 0.5) is 5.69 Å². The summed E-state index contributed by atoms with van der Waals surface area (Å²) in [4.78, 5) is 0. The summed E-state index contributed by atoms with van der Waals surface area (Å²) in [6.07, 6.45) is 8.04. The number of hydrogen-bond donors (Lipinski definition) is 1. The summed E-state index contributed by atoms with van der Waals surface area (Å²) in [7, 11) is 0. The van der Waals surface area contributed by atoms with Crippen LogP contribution in [0.2, 0.25) is 0 Å². The number of anilines is 1. The number of thiophene rings is 1. The van der Waals surface area contributed by atoms with Crippen LogP contribution in [0.3, 0.4) is 0 Å². The van der Waals surface area contributed by atoms with Crippen LogP contribution in [0.25, 0.3) is 86.3 Å². The Bertz CT molecular complexity index is 3550. The molecule has 0 aliphatic heterocycles. The van der Waals surface area contributed by atoms with E-state index in [0.29, 0.717) is 5.92 Å². The van der Waals surface area contributed by atoms with E-state index in [1.54, 1.807) is 0 Å². The Hall–Kier alpha value is -7.46. The highest BCUT2D eigenvalue weighted by Crippen LogP contribution is 2.48. The molecule has 2 unspecified atom stereocenters. The summed E-state index contributed by atoms with van der Waals surface area (Å²) in [6, 6.07) is 73.7. The molecule has 0 spiro atoms. The molecule has 0 fully saturated rings. The second kappa shape index (κ2) is 15.5. The Kier molecular flexibility index (Phi) is 9.16. The van der Waals surface area contributed by atoms with Gasteiger partial charge in [0, 0.05) is 47.9 Å². The molecule has 2 heterocycles. The van der Waals surface area contributed by atoms with Crippen molar-refractivity contribution in [2.24, 2.45) is 5.92 Å². The Morgan fingerprint density at radius 1 is 0.556 bits per heavy atom. The molecular weight excluding hydrogens is 781 g/mol. The van der Waals surface area contributed by atoms with Gasteiger partial charge in [0.1, 0.15) is 0 Å². The van der Waals surface area contributed by atoms with Crippen molar-refractivity contribution in [2.45, 2.75) is 19.4 Å². The van der Waals surface area contributed by atoms with Crippen LogP contribution in [-0.4, -0.2) is 4.57 Å². The number of fused-ring (bicyclic) bond motifs is 8. The van der Waals surface area contributed by atoms with Gasteiger partial charge in [-0.25, -0.2) is 0 Å². The lowest BCUT2D eigenvalue weighted by Crippen LogP contribution is -2.12. The fourth-order valence-electron chi connectivity index (χ4n) is 9.72. The lowest BCUT2D eigenvalue weighted by molar-refractivity contribution is 0.739. The van der Waals surface area contributed by atoms with Gasteiger partial charge in [0.25, 0.3) is 0 Å². The maximum absolute atomic E-state index is 3.97. The van der Waals surface area contributed by atoms with Crippen LogP contribution < -0.4 is 5.32 Å². The molecule has 0 bridgehead atoms. The molecule has 63 heavy (non-hydrogen) atoms. The van der Waals surface area contributed by atoms with Gasteiger partial charge in [-0.1, -0.05) is 183 Å². The van der Waals surface area contributed by atoms with Crippen molar-refractivity contribution in [2.75, 3.05) is 5.32 Å². The smallest absolute Gasteiger partial charge is 0.0767 e. The molecule has 0 saturated carbocycles. The van der Waals surface area contributed by atoms with Crippen LogP contribution in [0, 0.1) is 5.92 Å². The molecule has 9 aromatic carbocycles. The molecule has 0 saturated heterocycles. The van der Waals surface area contributed by atoms with Crippen molar-refractivity contribution in [3.63, 3.8) is 0 Å². The number of hydrogen-bond acceptors (Lipinski definition) is 2. The summed E-state index contributed by atoms with van der Waals surface area (Å²) >= 11 is 1.90. The zero-order valence-electron chi connectivity index (χ0n) is 35.0. The zero-order valence-corrected chi connectivity index (χ0v) is 35.8. The standard InChI is InChI=1S/C60H44N2S/c1-39-19-21-42(22-20-39)44-25-29-47(30-26-44)58(46-27-23-43(24-28-46)40-11-3-2-4-12-40)61-49-34-31-45(32-35-49)53-38-54-51-15-7-9-17-55(51)62(50-36-33-41-13-5-6-14-48(41)37-50)59(54)57-52-16-8-10-18-56(52)63-60(53)57/h2-19,21-39,58,61H,20H2,1H3. The monoisotopic (exact) mass is 824 g/mol. The van der Waals surface area contributed by atoms with Crippen LogP contribution in [0.5, 0.6) is 0 Å².